The van der Waals surface area contributed by atoms with Gasteiger partial charge >= 0.3 is 0 Å². The SMILES string of the molecule is CC(=O)N(Cc1ccc(F)cc1)[C@@H](Cc1ccccc1)C(=O)NC[C@H]1CCCO1. The molecule has 2 aromatic carbocycles. The van der Waals surface area contributed by atoms with E-state index in [1.807, 2.05) is 30.3 Å². The Balaban J connectivity index is 1.78. The van der Waals surface area contributed by atoms with E-state index < -0.39 is 6.04 Å². The highest BCUT2D eigenvalue weighted by molar-refractivity contribution is 5.87. The number of benzene rings is 2. The maximum atomic E-state index is 13.2. The highest BCUT2D eigenvalue weighted by Gasteiger charge is 2.29. The fraction of sp³-hybridized carbons (Fsp3) is 0.391. The maximum absolute atomic E-state index is 13.2. The summed E-state index contributed by atoms with van der Waals surface area (Å²) in [6.07, 6.45) is 2.35. The second kappa shape index (κ2) is 10.2. The lowest BCUT2D eigenvalue weighted by atomic mass is 10.0. The van der Waals surface area contributed by atoms with Crippen molar-refractivity contribution in [3.8, 4) is 0 Å². The zero-order valence-corrected chi connectivity index (χ0v) is 16.6. The van der Waals surface area contributed by atoms with Crippen LogP contribution in [-0.4, -0.2) is 42.0 Å². The van der Waals surface area contributed by atoms with Crippen LogP contribution in [0.4, 0.5) is 4.39 Å². The molecule has 0 aromatic heterocycles. The molecule has 0 unspecified atom stereocenters. The smallest absolute Gasteiger partial charge is 0.243 e. The molecule has 154 valence electrons. The molecular formula is C23H27FN2O3. The number of nitrogens with one attached hydrogen (secondary N) is 1. The average molecular weight is 398 g/mol. The number of halogens is 1. The normalized spacial score (nSPS) is 17.0. The van der Waals surface area contributed by atoms with Crippen LogP contribution in [0, 0.1) is 5.82 Å². The van der Waals surface area contributed by atoms with Gasteiger partial charge in [0.15, 0.2) is 0 Å². The van der Waals surface area contributed by atoms with E-state index in [4.69, 9.17) is 4.74 Å². The molecule has 5 nitrogen and oxygen atoms in total. The highest BCUT2D eigenvalue weighted by atomic mass is 19.1. The van der Waals surface area contributed by atoms with Crippen LogP contribution in [0.5, 0.6) is 0 Å². The Morgan fingerprint density at radius 2 is 1.86 bits per heavy atom. The predicted octanol–water partition coefficient (Wildman–Crippen LogP) is 3.08. The van der Waals surface area contributed by atoms with Crippen molar-refractivity contribution in [2.45, 2.75) is 44.9 Å². The van der Waals surface area contributed by atoms with Crippen molar-refractivity contribution in [2.24, 2.45) is 0 Å². The van der Waals surface area contributed by atoms with Crippen LogP contribution in [0.1, 0.15) is 30.9 Å². The topological polar surface area (TPSA) is 58.6 Å². The van der Waals surface area contributed by atoms with Gasteiger partial charge in [0, 0.05) is 33.0 Å². The van der Waals surface area contributed by atoms with Gasteiger partial charge in [0.2, 0.25) is 11.8 Å². The number of rotatable bonds is 8. The standard InChI is InChI=1S/C23H27FN2O3/c1-17(27)26(16-19-9-11-20(24)12-10-19)22(14-18-6-3-2-4-7-18)23(28)25-15-21-8-5-13-29-21/h2-4,6-7,9-12,21-22H,5,8,13-16H2,1H3,(H,25,28)/t21-,22+/m1/s1. The van der Waals surface area contributed by atoms with Crippen molar-refractivity contribution >= 4 is 11.8 Å². The second-order valence-electron chi connectivity index (χ2n) is 7.36. The van der Waals surface area contributed by atoms with Gasteiger partial charge in [-0.15, -0.1) is 0 Å². The molecule has 0 aliphatic carbocycles. The Morgan fingerprint density at radius 1 is 1.14 bits per heavy atom. The molecule has 2 aromatic rings. The molecule has 6 heteroatoms. The van der Waals surface area contributed by atoms with Gasteiger partial charge in [-0.25, -0.2) is 4.39 Å². The number of nitrogens with zero attached hydrogens (tertiary/aromatic N) is 1. The molecule has 1 saturated heterocycles. The van der Waals surface area contributed by atoms with E-state index in [1.165, 1.54) is 19.1 Å². The third kappa shape index (κ3) is 6.12. The molecule has 3 rings (SSSR count). The summed E-state index contributed by atoms with van der Waals surface area (Å²) >= 11 is 0. The first kappa shape index (κ1) is 21.0. The summed E-state index contributed by atoms with van der Waals surface area (Å²) in [6.45, 7) is 2.85. The average Bonchev–Trinajstić information content (AvgIpc) is 3.24. The first-order valence-corrected chi connectivity index (χ1v) is 9.98. The number of ether oxygens (including phenoxy) is 1. The Morgan fingerprint density at radius 3 is 2.48 bits per heavy atom. The van der Waals surface area contributed by atoms with Crippen LogP contribution in [-0.2, 0) is 27.3 Å². The number of hydrogen-bond donors (Lipinski definition) is 1. The fourth-order valence-electron chi connectivity index (χ4n) is 3.55. The summed E-state index contributed by atoms with van der Waals surface area (Å²) in [7, 11) is 0. The highest BCUT2D eigenvalue weighted by Crippen LogP contribution is 2.16. The number of carbonyl (C=O) groups is 2. The first-order valence-electron chi connectivity index (χ1n) is 9.98. The molecule has 0 saturated carbocycles. The van der Waals surface area contributed by atoms with Crippen molar-refractivity contribution in [1.29, 1.82) is 0 Å². The Labute approximate surface area is 170 Å². The van der Waals surface area contributed by atoms with E-state index in [0.717, 1.165) is 30.6 Å². The van der Waals surface area contributed by atoms with Gasteiger partial charge in [-0.1, -0.05) is 42.5 Å². The van der Waals surface area contributed by atoms with Crippen molar-refractivity contribution in [1.82, 2.24) is 10.2 Å². The zero-order chi connectivity index (χ0) is 20.6. The van der Waals surface area contributed by atoms with Crippen LogP contribution in [0.3, 0.4) is 0 Å². The third-order valence-corrected chi connectivity index (χ3v) is 5.15. The minimum absolute atomic E-state index is 0.0270. The van der Waals surface area contributed by atoms with Crippen molar-refractivity contribution in [3.63, 3.8) is 0 Å². The van der Waals surface area contributed by atoms with Crippen LogP contribution in [0.25, 0.3) is 0 Å². The van der Waals surface area contributed by atoms with Crippen molar-refractivity contribution in [3.05, 3.63) is 71.5 Å². The molecule has 1 aliphatic heterocycles. The van der Waals surface area contributed by atoms with Crippen LogP contribution in [0.15, 0.2) is 54.6 Å². The molecule has 1 fully saturated rings. The summed E-state index contributed by atoms with van der Waals surface area (Å²) in [4.78, 5) is 27.1. The predicted molar refractivity (Wildman–Crippen MR) is 109 cm³/mol. The van der Waals surface area contributed by atoms with Crippen LogP contribution < -0.4 is 5.32 Å². The summed E-state index contributed by atoms with van der Waals surface area (Å²) < 4.78 is 18.8. The minimum atomic E-state index is -0.665. The lowest BCUT2D eigenvalue weighted by molar-refractivity contribution is -0.139. The van der Waals surface area contributed by atoms with Crippen LogP contribution >= 0.6 is 0 Å². The Kier molecular flexibility index (Phi) is 7.36. The van der Waals surface area contributed by atoms with Gasteiger partial charge in [-0.05, 0) is 36.1 Å². The monoisotopic (exact) mass is 398 g/mol. The molecule has 1 N–H and O–H groups in total. The second-order valence-corrected chi connectivity index (χ2v) is 7.36. The summed E-state index contributed by atoms with van der Waals surface area (Å²) in [5.41, 5.74) is 1.74. The molecule has 2 atom stereocenters. The number of hydrogen-bond acceptors (Lipinski definition) is 3. The quantitative estimate of drug-likeness (QED) is 0.744. The lowest BCUT2D eigenvalue weighted by Crippen LogP contribution is -2.51. The molecular weight excluding hydrogens is 371 g/mol. The van der Waals surface area contributed by atoms with Crippen molar-refractivity contribution in [2.75, 3.05) is 13.2 Å². The summed E-state index contributed by atoms with van der Waals surface area (Å²) in [5, 5.41) is 2.96. The Hall–Kier alpha value is -2.73. The molecule has 0 bridgehead atoms. The van der Waals surface area contributed by atoms with Gasteiger partial charge < -0.3 is 15.0 Å². The first-order chi connectivity index (χ1) is 14.0. The van der Waals surface area contributed by atoms with Gasteiger partial charge in [-0.3, -0.25) is 9.59 Å². The summed E-state index contributed by atoms with van der Waals surface area (Å²) in [5.74, 6) is -0.748. The molecule has 1 aliphatic rings. The van der Waals surface area contributed by atoms with Gasteiger partial charge in [0.1, 0.15) is 11.9 Å². The summed E-state index contributed by atoms with van der Waals surface area (Å²) in [6, 6.07) is 14.9. The van der Waals surface area contributed by atoms with Gasteiger partial charge in [0.25, 0.3) is 0 Å². The van der Waals surface area contributed by atoms with E-state index in [9.17, 15) is 14.0 Å². The molecule has 0 spiro atoms. The largest absolute Gasteiger partial charge is 0.376 e. The minimum Gasteiger partial charge on any atom is -0.376 e. The fourth-order valence-corrected chi connectivity index (χ4v) is 3.55. The molecule has 1 heterocycles. The van der Waals surface area contributed by atoms with E-state index >= 15 is 0 Å². The number of amides is 2. The van der Waals surface area contributed by atoms with Crippen molar-refractivity contribution < 1.29 is 18.7 Å². The lowest BCUT2D eigenvalue weighted by Gasteiger charge is -2.31. The number of carbonyl (C=O) groups excluding carboxylic acids is 2. The maximum Gasteiger partial charge on any atom is 0.243 e. The van der Waals surface area contributed by atoms with Crippen LogP contribution in [0.2, 0.25) is 0 Å². The molecule has 29 heavy (non-hydrogen) atoms. The van der Waals surface area contributed by atoms with E-state index in [1.54, 1.807) is 17.0 Å². The molecule has 0 radical (unpaired) electrons. The Bertz CT molecular complexity index is 805. The molecule has 2 amide bonds. The van der Waals surface area contributed by atoms with E-state index in [2.05, 4.69) is 5.32 Å². The third-order valence-electron chi connectivity index (χ3n) is 5.15. The van der Waals surface area contributed by atoms with Gasteiger partial charge in [-0.2, -0.15) is 0 Å². The van der Waals surface area contributed by atoms with E-state index in [0.29, 0.717) is 13.0 Å². The zero-order valence-electron chi connectivity index (χ0n) is 16.6. The van der Waals surface area contributed by atoms with E-state index in [-0.39, 0.29) is 30.3 Å². The van der Waals surface area contributed by atoms with Gasteiger partial charge in [0.05, 0.1) is 6.10 Å².